The zero-order valence-electron chi connectivity index (χ0n) is 15.0. The topological polar surface area (TPSA) is 34.6 Å². The van der Waals surface area contributed by atoms with Crippen LogP contribution in [-0.4, -0.2) is 23.2 Å². The predicted molar refractivity (Wildman–Crippen MR) is 108 cm³/mol. The van der Waals surface area contributed by atoms with Gasteiger partial charge in [-0.3, -0.25) is 4.90 Å². The number of thiazole rings is 1. The van der Waals surface area contributed by atoms with Gasteiger partial charge in [-0.05, 0) is 43.7 Å². The zero-order chi connectivity index (χ0) is 18.2. The molecule has 5 rings (SSSR count). The highest BCUT2D eigenvalue weighted by Crippen LogP contribution is 2.39. The number of nitrogens with zero attached hydrogens (tertiary/aromatic N) is 2. The molecule has 2 aromatic carbocycles. The minimum Gasteiger partial charge on any atom is -0.467 e. The molecule has 0 saturated carbocycles. The average molecular weight is 401 g/mol. The molecule has 0 bridgehead atoms. The second kappa shape index (κ2) is 7.40. The summed E-state index contributed by atoms with van der Waals surface area (Å²) in [5.74, 6) is 0.944. The van der Waals surface area contributed by atoms with Crippen LogP contribution in [0.4, 0.5) is 0 Å². The summed E-state index contributed by atoms with van der Waals surface area (Å²) < 4.78 is 12.5. The van der Waals surface area contributed by atoms with Gasteiger partial charge in [-0.2, -0.15) is 0 Å². The molecule has 27 heavy (non-hydrogen) atoms. The highest BCUT2D eigenvalue weighted by atomic mass is 35.5. The second-order valence-corrected chi connectivity index (χ2v) is 8.66. The van der Waals surface area contributed by atoms with Crippen LogP contribution in [0.5, 0.6) is 5.75 Å². The van der Waals surface area contributed by atoms with E-state index < -0.39 is 0 Å². The van der Waals surface area contributed by atoms with Gasteiger partial charge in [-0.25, -0.2) is 4.98 Å². The van der Waals surface area contributed by atoms with E-state index in [1.807, 2.05) is 23.5 Å². The van der Waals surface area contributed by atoms with E-state index >= 15 is 0 Å². The molecule has 1 atom stereocenters. The van der Waals surface area contributed by atoms with Crippen LogP contribution >= 0.6 is 22.9 Å². The number of hydrogen-bond donors (Lipinski definition) is 0. The maximum Gasteiger partial charge on any atom is 0.189 e. The number of benzene rings is 2. The van der Waals surface area contributed by atoms with Gasteiger partial charge in [0.15, 0.2) is 6.79 Å². The van der Waals surface area contributed by atoms with Crippen LogP contribution in [0.25, 0.3) is 10.2 Å². The molecule has 1 saturated heterocycles. The fourth-order valence-corrected chi connectivity index (χ4v) is 5.49. The Balaban J connectivity index is 1.47. The largest absolute Gasteiger partial charge is 0.467 e. The monoisotopic (exact) mass is 400 g/mol. The third-order valence-electron chi connectivity index (χ3n) is 5.33. The SMILES string of the molecule is Clc1cc2c(c(CN3CCCCC3c3nc4ccccc4s3)c1)OCOC2. The number of piperidine rings is 1. The smallest absolute Gasteiger partial charge is 0.189 e. The summed E-state index contributed by atoms with van der Waals surface area (Å²) in [5.41, 5.74) is 3.29. The van der Waals surface area contributed by atoms with E-state index in [0.29, 0.717) is 19.4 Å². The van der Waals surface area contributed by atoms with Gasteiger partial charge in [0.1, 0.15) is 10.8 Å². The Bertz CT molecular complexity index is 941. The highest BCUT2D eigenvalue weighted by molar-refractivity contribution is 7.18. The fourth-order valence-electron chi connectivity index (χ4n) is 4.09. The van der Waals surface area contributed by atoms with E-state index in [9.17, 15) is 0 Å². The maximum absolute atomic E-state index is 6.37. The first-order chi connectivity index (χ1) is 13.3. The molecule has 3 aromatic rings. The summed E-state index contributed by atoms with van der Waals surface area (Å²) in [5, 5.41) is 1.96. The number of aromatic nitrogens is 1. The molecule has 4 nitrogen and oxygen atoms in total. The summed E-state index contributed by atoms with van der Waals surface area (Å²) in [6.07, 6.45) is 3.61. The van der Waals surface area contributed by atoms with Crippen molar-refractivity contribution in [2.24, 2.45) is 0 Å². The van der Waals surface area contributed by atoms with Crippen molar-refractivity contribution in [2.75, 3.05) is 13.3 Å². The lowest BCUT2D eigenvalue weighted by Gasteiger charge is -2.35. The molecule has 0 aliphatic carbocycles. The third kappa shape index (κ3) is 3.45. The lowest BCUT2D eigenvalue weighted by atomic mass is 10.0. The normalized spacial score (nSPS) is 20.4. The second-order valence-electron chi connectivity index (χ2n) is 7.17. The first-order valence-corrected chi connectivity index (χ1v) is 10.6. The lowest BCUT2D eigenvalue weighted by Crippen LogP contribution is -2.33. The Morgan fingerprint density at radius 2 is 2.15 bits per heavy atom. The van der Waals surface area contributed by atoms with Crippen molar-refractivity contribution in [1.29, 1.82) is 0 Å². The lowest BCUT2D eigenvalue weighted by molar-refractivity contribution is -0.0177. The van der Waals surface area contributed by atoms with Gasteiger partial charge in [-0.1, -0.05) is 30.2 Å². The molecule has 0 amide bonds. The van der Waals surface area contributed by atoms with E-state index in [2.05, 4.69) is 29.2 Å². The molecular weight excluding hydrogens is 380 g/mol. The Morgan fingerprint density at radius 3 is 3.07 bits per heavy atom. The van der Waals surface area contributed by atoms with Crippen molar-refractivity contribution >= 4 is 33.2 Å². The Morgan fingerprint density at radius 1 is 1.22 bits per heavy atom. The van der Waals surface area contributed by atoms with Crippen LogP contribution in [0.1, 0.15) is 41.4 Å². The van der Waals surface area contributed by atoms with Gasteiger partial charge in [0.25, 0.3) is 0 Å². The summed E-state index contributed by atoms with van der Waals surface area (Å²) in [7, 11) is 0. The molecule has 2 aliphatic heterocycles. The van der Waals surface area contributed by atoms with Crippen LogP contribution in [0, 0.1) is 0 Å². The number of ether oxygens (including phenoxy) is 2. The number of para-hydroxylation sites is 1. The van der Waals surface area contributed by atoms with Crippen molar-refractivity contribution in [3.63, 3.8) is 0 Å². The van der Waals surface area contributed by atoms with E-state index in [1.54, 1.807) is 0 Å². The van der Waals surface area contributed by atoms with Crippen molar-refractivity contribution in [2.45, 2.75) is 38.5 Å². The van der Waals surface area contributed by atoms with Gasteiger partial charge in [0.05, 0.1) is 22.9 Å². The number of likely N-dealkylation sites (tertiary alicyclic amines) is 1. The Hall–Kier alpha value is -1.66. The third-order valence-corrected chi connectivity index (χ3v) is 6.69. The number of halogens is 1. The molecule has 140 valence electrons. The van der Waals surface area contributed by atoms with Crippen LogP contribution in [0.15, 0.2) is 36.4 Å². The summed E-state index contributed by atoms with van der Waals surface area (Å²) in [6, 6.07) is 12.7. The molecule has 1 aromatic heterocycles. The van der Waals surface area contributed by atoms with E-state index in [-0.39, 0.29) is 0 Å². The van der Waals surface area contributed by atoms with Crippen molar-refractivity contribution in [3.8, 4) is 5.75 Å². The molecular formula is C21H21ClN2O2S. The van der Waals surface area contributed by atoms with Crippen molar-refractivity contribution in [3.05, 3.63) is 57.6 Å². The van der Waals surface area contributed by atoms with Crippen molar-refractivity contribution < 1.29 is 9.47 Å². The van der Waals surface area contributed by atoms with Gasteiger partial charge in [-0.15, -0.1) is 11.3 Å². The quantitative estimate of drug-likeness (QED) is 0.577. The number of hydrogen-bond acceptors (Lipinski definition) is 5. The molecule has 2 aliphatic rings. The van der Waals surface area contributed by atoms with Gasteiger partial charge in [0.2, 0.25) is 0 Å². The van der Waals surface area contributed by atoms with Crippen LogP contribution in [-0.2, 0) is 17.9 Å². The van der Waals surface area contributed by atoms with E-state index in [0.717, 1.165) is 46.9 Å². The minimum absolute atomic E-state index is 0.308. The molecule has 0 N–H and O–H groups in total. The first kappa shape index (κ1) is 17.4. The Labute approximate surface area is 167 Å². The van der Waals surface area contributed by atoms with Gasteiger partial charge >= 0.3 is 0 Å². The minimum atomic E-state index is 0.308. The molecule has 0 spiro atoms. The molecule has 1 fully saturated rings. The predicted octanol–water partition coefficient (Wildman–Crippen LogP) is 5.54. The number of fused-ring (bicyclic) bond motifs is 2. The highest BCUT2D eigenvalue weighted by Gasteiger charge is 2.28. The maximum atomic E-state index is 6.37. The molecule has 0 radical (unpaired) electrons. The summed E-state index contributed by atoms with van der Waals surface area (Å²) in [4.78, 5) is 7.47. The average Bonchev–Trinajstić information content (AvgIpc) is 3.12. The molecule has 1 unspecified atom stereocenters. The number of rotatable bonds is 3. The van der Waals surface area contributed by atoms with Crippen molar-refractivity contribution in [1.82, 2.24) is 9.88 Å². The van der Waals surface area contributed by atoms with Gasteiger partial charge < -0.3 is 9.47 Å². The van der Waals surface area contributed by atoms with Crippen LogP contribution in [0.2, 0.25) is 5.02 Å². The fraction of sp³-hybridized carbons (Fsp3) is 0.381. The summed E-state index contributed by atoms with van der Waals surface area (Å²) in [6.45, 7) is 2.76. The first-order valence-electron chi connectivity index (χ1n) is 9.39. The molecule has 6 heteroatoms. The zero-order valence-corrected chi connectivity index (χ0v) is 16.6. The van der Waals surface area contributed by atoms with E-state index in [1.165, 1.54) is 22.5 Å². The standard InChI is InChI=1S/C21H21ClN2O2S/c22-16-9-14(20-15(10-16)12-25-13-26-20)11-24-8-4-3-6-18(24)21-23-17-5-1-2-7-19(17)27-21/h1-2,5,7,9-10,18H,3-4,6,8,11-13H2. The van der Waals surface area contributed by atoms with Gasteiger partial charge in [0, 0.05) is 22.7 Å². The molecule has 3 heterocycles. The Kier molecular flexibility index (Phi) is 4.78. The van der Waals surface area contributed by atoms with Crippen LogP contribution < -0.4 is 4.74 Å². The van der Waals surface area contributed by atoms with Crippen LogP contribution in [0.3, 0.4) is 0 Å². The summed E-state index contributed by atoms with van der Waals surface area (Å²) >= 11 is 8.19. The van der Waals surface area contributed by atoms with E-state index in [4.69, 9.17) is 26.1 Å².